The first-order valence-electron chi connectivity index (χ1n) is 8.32. The van der Waals surface area contributed by atoms with E-state index in [0.717, 1.165) is 5.56 Å². The van der Waals surface area contributed by atoms with Crippen molar-refractivity contribution >= 4 is 23.5 Å². The van der Waals surface area contributed by atoms with E-state index in [1.165, 1.54) is 7.11 Å². The molecule has 6 heteroatoms. The molecular formula is C20H22N2O4. The number of methoxy groups -OCH3 is 1. The molecule has 0 saturated heterocycles. The van der Waals surface area contributed by atoms with E-state index in [4.69, 9.17) is 0 Å². The van der Waals surface area contributed by atoms with Gasteiger partial charge in [-0.15, -0.1) is 0 Å². The maximum atomic E-state index is 12.3. The number of carbonyl (C=O) groups is 3. The largest absolute Gasteiger partial charge is 0.469 e. The van der Waals surface area contributed by atoms with E-state index in [-0.39, 0.29) is 30.7 Å². The third-order valence-electron chi connectivity index (χ3n) is 3.86. The summed E-state index contributed by atoms with van der Waals surface area (Å²) < 4.78 is 4.49. The minimum Gasteiger partial charge on any atom is -0.469 e. The summed E-state index contributed by atoms with van der Waals surface area (Å²) in [6.07, 6.45) is 0.0731. The number of amides is 2. The summed E-state index contributed by atoms with van der Waals surface area (Å²) in [5.74, 6) is -0.907. The van der Waals surface area contributed by atoms with Gasteiger partial charge in [-0.2, -0.15) is 0 Å². The van der Waals surface area contributed by atoms with Crippen LogP contribution in [0.4, 0.5) is 5.69 Å². The Kier molecular flexibility index (Phi) is 6.91. The minimum atomic E-state index is -0.431. The molecule has 2 amide bonds. The maximum Gasteiger partial charge on any atom is 0.306 e. The van der Waals surface area contributed by atoms with E-state index in [2.05, 4.69) is 15.4 Å². The standard InChI is InChI=1S/C20H22N2O4/c1-14(15-6-4-3-5-7-15)21-20(25)16-8-10-17(11-9-16)22-18(23)12-13-19(24)26-2/h3-11,14H,12-13H2,1-2H3,(H,21,25)(H,22,23). The highest BCUT2D eigenvalue weighted by atomic mass is 16.5. The van der Waals surface area contributed by atoms with Crippen LogP contribution in [-0.2, 0) is 14.3 Å². The fraction of sp³-hybridized carbons (Fsp3) is 0.250. The zero-order valence-corrected chi connectivity index (χ0v) is 14.8. The summed E-state index contributed by atoms with van der Waals surface area (Å²) in [7, 11) is 1.28. The minimum absolute atomic E-state index is 0.0280. The zero-order valence-electron chi connectivity index (χ0n) is 14.8. The number of hydrogen-bond acceptors (Lipinski definition) is 4. The highest BCUT2D eigenvalue weighted by Gasteiger charge is 2.12. The fourth-order valence-electron chi connectivity index (χ4n) is 2.35. The van der Waals surface area contributed by atoms with E-state index in [1.54, 1.807) is 24.3 Å². The molecule has 136 valence electrons. The Bertz CT molecular complexity index is 757. The lowest BCUT2D eigenvalue weighted by Crippen LogP contribution is -2.26. The van der Waals surface area contributed by atoms with Gasteiger partial charge in [0.2, 0.25) is 5.91 Å². The zero-order chi connectivity index (χ0) is 18.9. The Balaban J connectivity index is 1.89. The molecule has 0 aromatic heterocycles. The van der Waals surface area contributed by atoms with Gasteiger partial charge in [0.15, 0.2) is 0 Å². The second-order valence-corrected chi connectivity index (χ2v) is 5.81. The summed E-state index contributed by atoms with van der Waals surface area (Å²) in [6, 6.07) is 16.2. The van der Waals surface area contributed by atoms with Crippen LogP contribution in [0.1, 0.15) is 41.7 Å². The Morgan fingerprint density at radius 3 is 2.23 bits per heavy atom. The Labute approximate surface area is 152 Å². The highest BCUT2D eigenvalue weighted by molar-refractivity contribution is 5.96. The third-order valence-corrected chi connectivity index (χ3v) is 3.86. The van der Waals surface area contributed by atoms with Crippen LogP contribution in [0.15, 0.2) is 54.6 Å². The van der Waals surface area contributed by atoms with Gasteiger partial charge in [-0.25, -0.2) is 0 Å². The molecule has 26 heavy (non-hydrogen) atoms. The predicted molar refractivity (Wildman–Crippen MR) is 98.6 cm³/mol. The van der Waals surface area contributed by atoms with Gasteiger partial charge < -0.3 is 15.4 Å². The molecule has 2 rings (SSSR count). The van der Waals surface area contributed by atoms with Crippen molar-refractivity contribution in [1.29, 1.82) is 0 Å². The smallest absolute Gasteiger partial charge is 0.306 e. The first kappa shape index (κ1) is 19.2. The number of nitrogens with one attached hydrogen (secondary N) is 2. The molecule has 0 radical (unpaired) electrons. The third kappa shape index (κ3) is 5.73. The van der Waals surface area contributed by atoms with Gasteiger partial charge in [0, 0.05) is 17.7 Å². The fourth-order valence-corrected chi connectivity index (χ4v) is 2.35. The van der Waals surface area contributed by atoms with Gasteiger partial charge >= 0.3 is 5.97 Å². The van der Waals surface area contributed by atoms with Gasteiger partial charge in [-0.05, 0) is 36.8 Å². The molecule has 0 fully saturated rings. The molecule has 0 aliphatic carbocycles. The molecule has 0 spiro atoms. The van der Waals surface area contributed by atoms with Crippen LogP contribution in [0, 0.1) is 0 Å². The average Bonchev–Trinajstić information content (AvgIpc) is 2.67. The molecule has 0 saturated carbocycles. The normalized spacial score (nSPS) is 11.3. The van der Waals surface area contributed by atoms with Crippen LogP contribution in [0.5, 0.6) is 0 Å². The van der Waals surface area contributed by atoms with Crippen molar-refractivity contribution in [2.45, 2.75) is 25.8 Å². The van der Waals surface area contributed by atoms with Crippen LogP contribution in [0.3, 0.4) is 0 Å². The number of benzene rings is 2. The van der Waals surface area contributed by atoms with Crippen molar-refractivity contribution in [3.05, 3.63) is 65.7 Å². The van der Waals surface area contributed by atoms with Crippen LogP contribution >= 0.6 is 0 Å². The molecule has 0 heterocycles. The lowest BCUT2D eigenvalue weighted by Gasteiger charge is -2.14. The number of hydrogen-bond donors (Lipinski definition) is 2. The van der Waals surface area contributed by atoms with E-state index < -0.39 is 5.97 Å². The molecule has 1 unspecified atom stereocenters. The number of anilines is 1. The summed E-state index contributed by atoms with van der Waals surface area (Å²) in [4.78, 5) is 35.1. The quantitative estimate of drug-likeness (QED) is 0.749. The van der Waals surface area contributed by atoms with Gasteiger partial charge in [0.05, 0.1) is 19.6 Å². The van der Waals surface area contributed by atoms with E-state index in [1.807, 2.05) is 37.3 Å². The average molecular weight is 354 g/mol. The Hall–Kier alpha value is -3.15. The lowest BCUT2D eigenvalue weighted by atomic mass is 10.1. The molecule has 1 atom stereocenters. The van der Waals surface area contributed by atoms with Crippen LogP contribution in [-0.4, -0.2) is 24.9 Å². The SMILES string of the molecule is COC(=O)CCC(=O)Nc1ccc(C(=O)NC(C)c2ccccc2)cc1. The van der Waals surface area contributed by atoms with Crippen molar-refractivity contribution in [3.8, 4) is 0 Å². The van der Waals surface area contributed by atoms with Crippen molar-refractivity contribution in [1.82, 2.24) is 5.32 Å². The molecule has 2 aromatic carbocycles. The molecule has 2 aromatic rings. The van der Waals surface area contributed by atoms with Crippen LogP contribution < -0.4 is 10.6 Å². The molecule has 0 aliphatic rings. The van der Waals surface area contributed by atoms with Crippen molar-refractivity contribution in [3.63, 3.8) is 0 Å². The number of rotatable bonds is 7. The number of carbonyl (C=O) groups excluding carboxylic acids is 3. The van der Waals surface area contributed by atoms with Crippen molar-refractivity contribution in [2.75, 3.05) is 12.4 Å². The van der Waals surface area contributed by atoms with E-state index >= 15 is 0 Å². The molecular weight excluding hydrogens is 332 g/mol. The van der Waals surface area contributed by atoms with Crippen LogP contribution in [0.2, 0.25) is 0 Å². The highest BCUT2D eigenvalue weighted by Crippen LogP contribution is 2.14. The Morgan fingerprint density at radius 1 is 0.962 bits per heavy atom. The summed E-state index contributed by atoms with van der Waals surface area (Å²) in [5.41, 5.74) is 2.09. The van der Waals surface area contributed by atoms with Crippen molar-refractivity contribution in [2.24, 2.45) is 0 Å². The van der Waals surface area contributed by atoms with Gasteiger partial charge in [0.1, 0.15) is 0 Å². The van der Waals surface area contributed by atoms with Crippen molar-refractivity contribution < 1.29 is 19.1 Å². The summed E-state index contributed by atoms with van der Waals surface area (Å²) >= 11 is 0. The topological polar surface area (TPSA) is 84.5 Å². The second kappa shape index (κ2) is 9.36. The maximum absolute atomic E-state index is 12.3. The summed E-state index contributed by atoms with van der Waals surface area (Å²) in [5, 5.41) is 5.61. The number of esters is 1. The second-order valence-electron chi connectivity index (χ2n) is 5.81. The Morgan fingerprint density at radius 2 is 1.62 bits per heavy atom. The molecule has 2 N–H and O–H groups in total. The van der Waals surface area contributed by atoms with Crippen LogP contribution in [0.25, 0.3) is 0 Å². The lowest BCUT2D eigenvalue weighted by molar-refractivity contribution is -0.141. The number of ether oxygens (including phenoxy) is 1. The molecule has 0 bridgehead atoms. The van der Waals surface area contributed by atoms with E-state index in [0.29, 0.717) is 11.3 Å². The molecule has 0 aliphatic heterocycles. The predicted octanol–water partition coefficient (Wildman–Crippen LogP) is 3.07. The van der Waals surface area contributed by atoms with E-state index in [9.17, 15) is 14.4 Å². The van der Waals surface area contributed by atoms with Gasteiger partial charge in [-0.3, -0.25) is 14.4 Å². The first-order chi connectivity index (χ1) is 12.5. The summed E-state index contributed by atoms with van der Waals surface area (Å²) in [6.45, 7) is 1.92. The molecule has 6 nitrogen and oxygen atoms in total. The monoisotopic (exact) mass is 354 g/mol. The van der Waals surface area contributed by atoms with Gasteiger partial charge in [0.25, 0.3) is 5.91 Å². The first-order valence-corrected chi connectivity index (χ1v) is 8.32. The van der Waals surface area contributed by atoms with Gasteiger partial charge in [-0.1, -0.05) is 30.3 Å².